The van der Waals surface area contributed by atoms with Crippen molar-refractivity contribution in [3.05, 3.63) is 71.8 Å². The lowest BCUT2D eigenvalue weighted by Gasteiger charge is -2.37. The number of rotatable bonds is 7. The van der Waals surface area contributed by atoms with Crippen molar-refractivity contribution in [1.82, 2.24) is 5.32 Å². The Kier molecular flexibility index (Phi) is 7.65. The monoisotopic (exact) mass is 427 g/mol. The van der Waals surface area contributed by atoms with Crippen LogP contribution in [0.1, 0.15) is 31.9 Å². The minimum Gasteiger partial charge on any atom is -0.461 e. The van der Waals surface area contributed by atoms with Crippen molar-refractivity contribution in [3.8, 4) is 0 Å². The van der Waals surface area contributed by atoms with Gasteiger partial charge in [-0.3, -0.25) is 0 Å². The Balaban J connectivity index is 1.73. The third kappa shape index (κ3) is 7.08. The molecule has 0 radical (unpaired) electrons. The van der Waals surface area contributed by atoms with Crippen LogP contribution in [-0.4, -0.2) is 42.5 Å². The highest BCUT2D eigenvalue weighted by Crippen LogP contribution is 2.21. The Labute approximate surface area is 182 Å². The summed E-state index contributed by atoms with van der Waals surface area (Å²) in [5, 5.41) is 2.77. The molecule has 1 saturated heterocycles. The van der Waals surface area contributed by atoms with Gasteiger partial charge in [0.1, 0.15) is 18.3 Å². The van der Waals surface area contributed by atoms with E-state index in [0.717, 1.165) is 11.1 Å². The maximum Gasteiger partial charge on any atom is 0.408 e. The highest BCUT2D eigenvalue weighted by molar-refractivity contribution is 5.77. The first-order valence-corrected chi connectivity index (χ1v) is 10.3. The number of ether oxygens (including phenoxy) is 4. The number of nitrogens with one attached hydrogen (secondary N) is 1. The van der Waals surface area contributed by atoms with E-state index in [0.29, 0.717) is 0 Å². The molecule has 3 atom stereocenters. The molecule has 2 aromatic carbocycles. The number of amides is 1. The van der Waals surface area contributed by atoms with E-state index >= 15 is 0 Å². The number of carbonyl (C=O) groups is 2. The van der Waals surface area contributed by atoms with Gasteiger partial charge in [-0.05, 0) is 31.9 Å². The molecule has 1 amide bonds. The molecule has 0 unspecified atom stereocenters. The lowest BCUT2D eigenvalue weighted by molar-refractivity contribution is -0.189. The molecule has 1 aliphatic heterocycles. The van der Waals surface area contributed by atoms with Gasteiger partial charge in [0, 0.05) is 0 Å². The van der Waals surface area contributed by atoms with Gasteiger partial charge in [-0.1, -0.05) is 60.7 Å². The molecule has 0 aliphatic carbocycles. The zero-order valence-electron chi connectivity index (χ0n) is 18.1. The predicted molar refractivity (Wildman–Crippen MR) is 114 cm³/mol. The molecule has 1 N–H and O–H groups in total. The van der Waals surface area contributed by atoms with Crippen LogP contribution in [0.25, 0.3) is 0 Å². The molecule has 3 rings (SSSR count). The largest absolute Gasteiger partial charge is 0.461 e. The van der Waals surface area contributed by atoms with E-state index in [4.69, 9.17) is 18.9 Å². The van der Waals surface area contributed by atoms with Crippen molar-refractivity contribution in [2.45, 2.75) is 57.8 Å². The summed E-state index contributed by atoms with van der Waals surface area (Å²) < 4.78 is 22.6. The summed E-state index contributed by atoms with van der Waals surface area (Å²) in [6, 6.07) is 18.5. The van der Waals surface area contributed by atoms with Crippen LogP contribution in [0.2, 0.25) is 0 Å². The topological polar surface area (TPSA) is 83.1 Å². The zero-order valence-corrected chi connectivity index (χ0v) is 18.1. The third-order valence-electron chi connectivity index (χ3n) is 4.59. The summed E-state index contributed by atoms with van der Waals surface area (Å²) in [5.41, 5.74) is 1.21. The lowest BCUT2D eigenvalue weighted by atomic mass is 10.0. The maximum absolute atomic E-state index is 12.5. The van der Waals surface area contributed by atoms with Gasteiger partial charge < -0.3 is 24.3 Å². The van der Waals surface area contributed by atoms with Crippen molar-refractivity contribution in [2.75, 3.05) is 6.61 Å². The SMILES string of the molecule is CC(C)(C)OC(=O)N[C@H]1COC(=O)[C@@H](OCc2ccccc2)[C@H]1OCc1ccccc1. The summed E-state index contributed by atoms with van der Waals surface area (Å²) in [6.07, 6.45) is -2.33. The van der Waals surface area contributed by atoms with E-state index in [9.17, 15) is 9.59 Å². The average Bonchev–Trinajstić information content (AvgIpc) is 2.73. The van der Waals surface area contributed by atoms with E-state index in [-0.39, 0.29) is 19.8 Å². The van der Waals surface area contributed by atoms with Gasteiger partial charge in [-0.15, -0.1) is 0 Å². The summed E-state index contributed by atoms with van der Waals surface area (Å²) in [4.78, 5) is 24.9. The number of benzene rings is 2. The van der Waals surface area contributed by atoms with Crippen molar-refractivity contribution in [3.63, 3.8) is 0 Å². The highest BCUT2D eigenvalue weighted by Gasteiger charge is 2.43. The summed E-state index contributed by atoms with van der Waals surface area (Å²) in [7, 11) is 0. The first kappa shape index (κ1) is 22.8. The van der Waals surface area contributed by atoms with E-state index in [1.807, 2.05) is 60.7 Å². The smallest absolute Gasteiger partial charge is 0.408 e. The Bertz CT molecular complexity index is 849. The van der Waals surface area contributed by atoms with Crippen LogP contribution in [0, 0.1) is 0 Å². The molecule has 1 aliphatic rings. The summed E-state index contributed by atoms with van der Waals surface area (Å²) >= 11 is 0. The van der Waals surface area contributed by atoms with Crippen LogP contribution in [0.3, 0.4) is 0 Å². The molecule has 0 aromatic heterocycles. The van der Waals surface area contributed by atoms with Crippen molar-refractivity contribution in [1.29, 1.82) is 0 Å². The Morgan fingerprint density at radius 3 is 2.06 bits per heavy atom. The summed E-state index contributed by atoms with van der Waals surface area (Å²) in [5.74, 6) is -0.517. The van der Waals surface area contributed by atoms with Crippen LogP contribution < -0.4 is 5.32 Å². The lowest BCUT2D eigenvalue weighted by Crippen LogP contribution is -2.59. The predicted octanol–water partition coefficient (Wildman–Crippen LogP) is 3.61. The van der Waals surface area contributed by atoms with Crippen molar-refractivity contribution in [2.24, 2.45) is 0 Å². The van der Waals surface area contributed by atoms with E-state index < -0.39 is 35.9 Å². The number of esters is 1. The number of alkyl carbamates (subject to hydrolysis) is 1. The fraction of sp³-hybridized carbons (Fsp3) is 0.417. The fourth-order valence-electron chi connectivity index (χ4n) is 3.17. The molecule has 1 fully saturated rings. The van der Waals surface area contributed by atoms with Crippen molar-refractivity contribution < 1.29 is 28.5 Å². The quantitative estimate of drug-likeness (QED) is 0.680. The molecule has 31 heavy (non-hydrogen) atoms. The Hall–Kier alpha value is -2.90. The molecule has 1 heterocycles. The van der Waals surface area contributed by atoms with Crippen LogP contribution in [0.5, 0.6) is 0 Å². The van der Waals surface area contributed by atoms with E-state index in [2.05, 4.69) is 5.32 Å². The molecule has 0 spiro atoms. The molecule has 166 valence electrons. The molecular weight excluding hydrogens is 398 g/mol. The highest BCUT2D eigenvalue weighted by atomic mass is 16.6. The Morgan fingerprint density at radius 2 is 1.52 bits per heavy atom. The standard InChI is InChI=1S/C24H29NO6/c1-24(2,3)31-23(27)25-19-16-30-22(26)21(29-15-18-12-8-5-9-13-18)20(19)28-14-17-10-6-4-7-11-17/h4-13,19-21H,14-16H2,1-3H3,(H,25,27)/t19-,20-,21-/m0/s1. The van der Waals surface area contributed by atoms with Gasteiger partial charge in [-0.25, -0.2) is 9.59 Å². The van der Waals surface area contributed by atoms with Crippen LogP contribution in [0.4, 0.5) is 4.79 Å². The molecule has 7 nitrogen and oxygen atoms in total. The second kappa shape index (κ2) is 10.4. The fourth-order valence-corrected chi connectivity index (χ4v) is 3.17. The molecular formula is C24H29NO6. The van der Waals surface area contributed by atoms with Gasteiger partial charge in [-0.2, -0.15) is 0 Å². The van der Waals surface area contributed by atoms with Crippen molar-refractivity contribution >= 4 is 12.1 Å². The van der Waals surface area contributed by atoms with Gasteiger partial charge >= 0.3 is 12.1 Å². The van der Waals surface area contributed by atoms with E-state index in [1.54, 1.807) is 20.8 Å². The second-order valence-corrected chi connectivity index (χ2v) is 8.36. The van der Waals surface area contributed by atoms with Gasteiger partial charge in [0.05, 0.1) is 19.3 Å². The number of hydrogen-bond acceptors (Lipinski definition) is 6. The Morgan fingerprint density at radius 1 is 0.968 bits per heavy atom. The second-order valence-electron chi connectivity index (χ2n) is 8.36. The summed E-state index contributed by atoms with van der Waals surface area (Å²) in [6.45, 7) is 5.79. The zero-order chi connectivity index (χ0) is 22.3. The molecule has 0 bridgehead atoms. The van der Waals surface area contributed by atoms with Crippen LogP contribution >= 0.6 is 0 Å². The minimum absolute atomic E-state index is 0.0251. The third-order valence-corrected chi connectivity index (χ3v) is 4.59. The maximum atomic E-state index is 12.5. The normalized spacial score (nSPS) is 21.3. The minimum atomic E-state index is -0.988. The van der Waals surface area contributed by atoms with Gasteiger partial charge in [0.2, 0.25) is 0 Å². The molecule has 2 aromatic rings. The first-order chi connectivity index (χ1) is 14.8. The van der Waals surface area contributed by atoms with Gasteiger partial charge in [0.25, 0.3) is 0 Å². The average molecular weight is 427 g/mol. The molecule has 0 saturated carbocycles. The first-order valence-electron chi connectivity index (χ1n) is 10.3. The number of hydrogen-bond donors (Lipinski definition) is 1. The van der Waals surface area contributed by atoms with Gasteiger partial charge in [0.15, 0.2) is 6.10 Å². The van der Waals surface area contributed by atoms with Crippen LogP contribution in [0.15, 0.2) is 60.7 Å². The number of cyclic esters (lactones) is 1. The number of carbonyl (C=O) groups excluding carboxylic acids is 2. The van der Waals surface area contributed by atoms with Crippen LogP contribution in [-0.2, 0) is 37.0 Å². The molecule has 7 heteroatoms. The van der Waals surface area contributed by atoms with E-state index in [1.165, 1.54) is 0 Å².